The zero-order valence-corrected chi connectivity index (χ0v) is 11.5. The summed E-state index contributed by atoms with van der Waals surface area (Å²) < 4.78 is 4.94. The normalized spacial score (nSPS) is 19.9. The molecule has 2 saturated heterocycles. The maximum Gasteiger partial charge on any atom is 0.135 e. The first-order chi connectivity index (χ1) is 9.34. The molecule has 2 aliphatic heterocycles. The van der Waals surface area contributed by atoms with Gasteiger partial charge in [0, 0.05) is 45.7 Å². The van der Waals surface area contributed by atoms with E-state index in [1.807, 2.05) is 6.07 Å². The van der Waals surface area contributed by atoms with Crippen LogP contribution in [-0.4, -0.2) is 37.0 Å². The molecule has 0 radical (unpaired) electrons. The van der Waals surface area contributed by atoms with E-state index < -0.39 is 0 Å². The standard InChI is InChI=1S/C12H15NO.C4H8O/c14-12-6-8-13(9-7-12)10-11-4-2-1-3-5-11;1-2-4-5-3-1/h1-5H,6-10H2;1-4H2. The highest BCUT2D eigenvalue weighted by Crippen LogP contribution is 2.10. The zero-order valence-electron chi connectivity index (χ0n) is 11.5. The van der Waals surface area contributed by atoms with E-state index in [1.54, 1.807) is 0 Å². The second-order valence-corrected chi connectivity index (χ2v) is 5.12. The number of nitrogens with zero attached hydrogens (tertiary/aromatic N) is 1. The minimum Gasteiger partial charge on any atom is -0.381 e. The van der Waals surface area contributed by atoms with Gasteiger partial charge in [-0.25, -0.2) is 0 Å². The van der Waals surface area contributed by atoms with Gasteiger partial charge in [-0.3, -0.25) is 9.69 Å². The van der Waals surface area contributed by atoms with Gasteiger partial charge in [0.25, 0.3) is 0 Å². The Morgan fingerprint density at radius 2 is 1.63 bits per heavy atom. The number of likely N-dealkylation sites (tertiary alicyclic amines) is 1. The average molecular weight is 261 g/mol. The highest BCUT2D eigenvalue weighted by atomic mass is 16.5. The fourth-order valence-corrected chi connectivity index (χ4v) is 2.31. The quantitative estimate of drug-likeness (QED) is 0.819. The topological polar surface area (TPSA) is 29.5 Å². The third-order valence-corrected chi connectivity index (χ3v) is 3.49. The van der Waals surface area contributed by atoms with E-state index in [0.717, 1.165) is 45.7 Å². The predicted octanol–water partition coefficient (Wildman–Crippen LogP) is 2.65. The van der Waals surface area contributed by atoms with Crippen LogP contribution < -0.4 is 0 Å². The molecule has 0 aliphatic carbocycles. The first-order valence-electron chi connectivity index (χ1n) is 7.20. The number of hydrogen-bond acceptors (Lipinski definition) is 3. The van der Waals surface area contributed by atoms with Gasteiger partial charge in [0.2, 0.25) is 0 Å². The lowest BCUT2D eigenvalue weighted by Crippen LogP contribution is -2.33. The fraction of sp³-hybridized carbons (Fsp3) is 0.562. The van der Waals surface area contributed by atoms with Crippen molar-refractivity contribution in [2.75, 3.05) is 26.3 Å². The Balaban J connectivity index is 0.000000224. The molecule has 0 amide bonds. The van der Waals surface area contributed by atoms with Crippen LogP contribution in [0.3, 0.4) is 0 Å². The molecule has 2 aliphatic rings. The molecule has 0 aromatic heterocycles. The molecule has 0 atom stereocenters. The number of ether oxygens (including phenoxy) is 1. The van der Waals surface area contributed by atoms with Crippen LogP contribution in [0.1, 0.15) is 31.2 Å². The molecular formula is C16H23NO2. The van der Waals surface area contributed by atoms with Crippen LogP contribution in [0.5, 0.6) is 0 Å². The van der Waals surface area contributed by atoms with Crippen molar-refractivity contribution in [2.24, 2.45) is 0 Å². The van der Waals surface area contributed by atoms with Crippen molar-refractivity contribution in [1.29, 1.82) is 0 Å². The van der Waals surface area contributed by atoms with Gasteiger partial charge >= 0.3 is 0 Å². The van der Waals surface area contributed by atoms with Crippen molar-refractivity contribution < 1.29 is 9.53 Å². The van der Waals surface area contributed by atoms with Crippen molar-refractivity contribution in [2.45, 2.75) is 32.2 Å². The second kappa shape index (κ2) is 8.08. The largest absolute Gasteiger partial charge is 0.381 e. The van der Waals surface area contributed by atoms with E-state index in [0.29, 0.717) is 5.78 Å². The van der Waals surface area contributed by atoms with Crippen molar-refractivity contribution in [1.82, 2.24) is 4.90 Å². The summed E-state index contributed by atoms with van der Waals surface area (Å²) in [6.45, 7) is 4.83. The van der Waals surface area contributed by atoms with Crippen molar-refractivity contribution in [3.8, 4) is 0 Å². The van der Waals surface area contributed by atoms with Gasteiger partial charge in [-0.15, -0.1) is 0 Å². The van der Waals surface area contributed by atoms with Crippen LogP contribution >= 0.6 is 0 Å². The summed E-state index contributed by atoms with van der Waals surface area (Å²) in [6, 6.07) is 10.4. The lowest BCUT2D eigenvalue weighted by molar-refractivity contribution is -0.121. The minimum absolute atomic E-state index is 0.411. The van der Waals surface area contributed by atoms with E-state index >= 15 is 0 Å². The number of carbonyl (C=O) groups excluding carboxylic acids is 1. The van der Waals surface area contributed by atoms with E-state index in [1.165, 1.54) is 18.4 Å². The number of benzene rings is 1. The number of piperidine rings is 1. The van der Waals surface area contributed by atoms with E-state index in [4.69, 9.17) is 4.74 Å². The molecule has 0 N–H and O–H groups in total. The molecule has 1 aromatic rings. The Morgan fingerprint density at radius 1 is 1.00 bits per heavy atom. The smallest absolute Gasteiger partial charge is 0.135 e. The second-order valence-electron chi connectivity index (χ2n) is 5.12. The van der Waals surface area contributed by atoms with Gasteiger partial charge in [0.05, 0.1) is 0 Å². The van der Waals surface area contributed by atoms with Crippen molar-refractivity contribution >= 4 is 5.78 Å². The minimum atomic E-state index is 0.411. The number of hydrogen-bond donors (Lipinski definition) is 0. The SMILES string of the molecule is C1CCOC1.O=C1CCN(Cc2ccccc2)CC1. The van der Waals surface area contributed by atoms with Crippen LogP contribution in [0.4, 0.5) is 0 Å². The Kier molecular flexibility index (Phi) is 6.05. The summed E-state index contributed by atoms with van der Waals surface area (Å²) >= 11 is 0. The van der Waals surface area contributed by atoms with Crippen LogP contribution in [0, 0.1) is 0 Å². The van der Waals surface area contributed by atoms with Gasteiger partial charge in [-0.05, 0) is 18.4 Å². The zero-order chi connectivity index (χ0) is 13.3. The number of ketones is 1. The Bertz CT molecular complexity index is 356. The van der Waals surface area contributed by atoms with E-state index in [9.17, 15) is 4.79 Å². The fourth-order valence-electron chi connectivity index (χ4n) is 2.31. The van der Waals surface area contributed by atoms with Crippen molar-refractivity contribution in [3.63, 3.8) is 0 Å². The Labute approximate surface area is 115 Å². The number of Topliss-reactive ketones (excluding diaryl/α,β-unsaturated/α-hetero) is 1. The third-order valence-electron chi connectivity index (χ3n) is 3.49. The van der Waals surface area contributed by atoms with Crippen molar-refractivity contribution in [3.05, 3.63) is 35.9 Å². The summed E-state index contributed by atoms with van der Waals surface area (Å²) in [6.07, 6.45) is 4.01. The Hall–Kier alpha value is -1.19. The monoisotopic (exact) mass is 261 g/mol. The molecular weight excluding hydrogens is 238 g/mol. The molecule has 3 rings (SSSR count). The van der Waals surface area contributed by atoms with Gasteiger partial charge in [-0.2, -0.15) is 0 Å². The van der Waals surface area contributed by atoms with Gasteiger partial charge in [0.15, 0.2) is 0 Å². The third kappa shape index (κ3) is 5.53. The first-order valence-corrected chi connectivity index (χ1v) is 7.20. The highest BCUT2D eigenvalue weighted by Gasteiger charge is 2.15. The molecule has 3 heteroatoms. The average Bonchev–Trinajstić information content (AvgIpc) is 3.02. The summed E-state index contributed by atoms with van der Waals surface area (Å²) in [5.41, 5.74) is 1.34. The first kappa shape index (κ1) is 14.2. The van der Waals surface area contributed by atoms with Crippen LogP contribution in [-0.2, 0) is 16.1 Å². The Morgan fingerprint density at radius 3 is 2.16 bits per heavy atom. The lowest BCUT2D eigenvalue weighted by Gasteiger charge is -2.25. The van der Waals surface area contributed by atoms with Gasteiger partial charge in [0.1, 0.15) is 5.78 Å². The predicted molar refractivity (Wildman–Crippen MR) is 76.0 cm³/mol. The van der Waals surface area contributed by atoms with Gasteiger partial charge in [-0.1, -0.05) is 30.3 Å². The van der Waals surface area contributed by atoms with E-state index in [2.05, 4.69) is 29.2 Å². The molecule has 2 heterocycles. The molecule has 0 saturated carbocycles. The molecule has 0 bridgehead atoms. The summed E-state index contributed by atoms with van der Waals surface area (Å²) in [4.78, 5) is 13.4. The van der Waals surface area contributed by atoms with Crippen LogP contribution in [0.15, 0.2) is 30.3 Å². The van der Waals surface area contributed by atoms with Crippen LogP contribution in [0.2, 0.25) is 0 Å². The van der Waals surface area contributed by atoms with Gasteiger partial charge < -0.3 is 4.74 Å². The maximum atomic E-state index is 11.0. The molecule has 0 spiro atoms. The maximum absolute atomic E-state index is 11.0. The summed E-state index contributed by atoms with van der Waals surface area (Å²) in [7, 11) is 0. The molecule has 3 nitrogen and oxygen atoms in total. The van der Waals surface area contributed by atoms with E-state index in [-0.39, 0.29) is 0 Å². The molecule has 19 heavy (non-hydrogen) atoms. The molecule has 0 unspecified atom stereocenters. The summed E-state index contributed by atoms with van der Waals surface area (Å²) in [5, 5.41) is 0. The van der Waals surface area contributed by atoms with Crippen LogP contribution in [0.25, 0.3) is 0 Å². The highest BCUT2D eigenvalue weighted by molar-refractivity contribution is 5.79. The summed E-state index contributed by atoms with van der Waals surface area (Å²) in [5.74, 6) is 0.411. The number of rotatable bonds is 2. The molecule has 2 fully saturated rings. The lowest BCUT2D eigenvalue weighted by atomic mass is 10.1. The molecule has 104 valence electrons. The molecule has 1 aromatic carbocycles. The number of carbonyl (C=O) groups is 1.